The number of anilines is 1. The zero-order valence-corrected chi connectivity index (χ0v) is 14.4. The molecule has 6 nitrogen and oxygen atoms in total. The summed E-state index contributed by atoms with van der Waals surface area (Å²) >= 11 is 0. The first-order chi connectivity index (χ1) is 12.5. The molecule has 3 aromatic rings. The lowest BCUT2D eigenvalue weighted by Gasteiger charge is -2.04. The highest BCUT2D eigenvalue weighted by atomic mass is 16.4. The molecule has 0 aliphatic carbocycles. The minimum absolute atomic E-state index is 0.160. The summed E-state index contributed by atoms with van der Waals surface area (Å²) in [4.78, 5) is 27.3. The fourth-order valence-electron chi connectivity index (χ4n) is 2.44. The number of oxazole rings is 1. The van der Waals surface area contributed by atoms with E-state index in [0.717, 1.165) is 5.56 Å². The summed E-state index contributed by atoms with van der Waals surface area (Å²) in [6, 6.07) is 14.4. The molecule has 0 aliphatic heterocycles. The molecule has 132 valence electrons. The highest BCUT2D eigenvalue weighted by Crippen LogP contribution is 2.21. The number of hydrogen-bond donors (Lipinski definition) is 2. The lowest BCUT2D eigenvalue weighted by atomic mass is 10.1. The van der Waals surface area contributed by atoms with Crippen molar-refractivity contribution in [3.05, 3.63) is 71.7 Å². The van der Waals surface area contributed by atoms with Crippen LogP contribution in [-0.2, 0) is 11.2 Å². The normalized spacial score (nSPS) is 10.5. The van der Waals surface area contributed by atoms with Crippen molar-refractivity contribution in [2.24, 2.45) is 5.73 Å². The van der Waals surface area contributed by atoms with Crippen molar-refractivity contribution < 1.29 is 14.0 Å². The van der Waals surface area contributed by atoms with E-state index >= 15 is 0 Å². The number of aromatic nitrogens is 1. The van der Waals surface area contributed by atoms with Crippen LogP contribution in [0, 0.1) is 6.92 Å². The van der Waals surface area contributed by atoms with Gasteiger partial charge in [-0.1, -0.05) is 29.8 Å². The summed E-state index contributed by atoms with van der Waals surface area (Å²) in [7, 11) is 0. The van der Waals surface area contributed by atoms with Crippen molar-refractivity contribution in [3.63, 3.8) is 0 Å². The Bertz CT molecular complexity index is 912. The van der Waals surface area contributed by atoms with Crippen LogP contribution in [0.3, 0.4) is 0 Å². The number of hydrogen-bond acceptors (Lipinski definition) is 4. The van der Waals surface area contributed by atoms with Gasteiger partial charge in [0.25, 0.3) is 0 Å². The van der Waals surface area contributed by atoms with Gasteiger partial charge >= 0.3 is 0 Å². The lowest BCUT2D eigenvalue weighted by Crippen LogP contribution is -2.13. The number of benzene rings is 2. The summed E-state index contributed by atoms with van der Waals surface area (Å²) in [5, 5.41) is 2.76. The first-order valence-electron chi connectivity index (χ1n) is 8.23. The molecule has 0 atom stereocenters. The van der Waals surface area contributed by atoms with Crippen LogP contribution in [0.25, 0.3) is 11.3 Å². The second kappa shape index (κ2) is 7.65. The third-order valence-corrected chi connectivity index (χ3v) is 3.91. The molecular formula is C20H19N3O3. The molecule has 0 fully saturated rings. The van der Waals surface area contributed by atoms with Gasteiger partial charge < -0.3 is 15.5 Å². The topological polar surface area (TPSA) is 98.2 Å². The Morgan fingerprint density at radius 1 is 1.08 bits per heavy atom. The summed E-state index contributed by atoms with van der Waals surface area (Å²) in [5.74, 6) is 0.533. The van der Waals surface area contributed by atoms with Gasteiger partial charge in [0.15, 0.2) is 11.7 Å². The molecule has 0 saturated carbocycles. The van der Waals surface area contributed by atoms with E-state index in [2.05, 4.69) is 10.3 Å². The van der Waals surface area contributed by atoms with E-state index in [1.807, 2.05) is 31.2 Å². The average Bonchev–Trinajstić information content (AvgIpc) is 3.10. The number of rotatable bonds is 6. The van der Waals surface area contributed by atoms with E-state index in [9.17, 15) is 9.59 Å². The van der Waals surface area contributed by atoms with Gasteiger partial charge in [-0.25, -0.2) is 4.98 Å². The van der Waals surface area contributed by atoms with E-state index in [1.165, 1.54) is 5.56 Å². The Hall–Kier alpha value is -3.41. The first-order valence-corrected chi connectivity index (χ1v) is 8.23. The van der Waals surface area contributed by atoms with E-state index in [0.29, 0.717) is 29.3 Å². The highest BCUT2D eigenvalue weighted by molar-refractivity contribution is 5.94. The van der Waals surface area contributed by atoms with Gasteiger partial charge in [0.1, 0.15) is 0 Å². The van der Waals surface area contributed by atoms with E-state index in [4.69, 9.17) is 10.2 Å². The van der Waals surface area contributed by atoms with E-state index in [1.54, 1.807) is 30.5 Å². The maximum atomic E-state index is 12.0. The number of nitrogens with zero attached hydrogens (tertiary/aromatic N) is 1. The zero-order valence-electron chi connectivity index (χ0n) is 14.4. The van der Waals surface area contributed by atoms with Gasteiger partial charge in [0, 0.05) is 29.7 Å². The molecule has 0 saturated heterocycles. The number of nitrogens with two attached hydrogens (primary N) is 1. The molecule has 0 bridgehead atoms. The van der Waals surface area contributed by atoms with Gasteiger partial charge in [-0.15, -0.1) is 0 Å². The van der Waals surface area contributed by atoms with Crippen LogP contribution in [0.4, 0.5) is 5.69 Å². The minimum Gasteiger partial charge on any atom is -0.441 e. The quantitative estimate of drug-likeness (QED) is 0.713. The van der Waals surface area contributed by atoms with Crippen LogP contribution in [-0.4, -0.2) is 16.8 Å². The maximum absolute atomic E-state index is 12.0. The van der Waals surface area contributed by atoms with Crippen LogP contribution in [0.5, 0.6) is 0 Å². The number of primary amides is 1. The molecule has 26 heavy (non-hydrogen) atoms. The van der Waals surface area contributed by atoms with Crippen LogP contribution < -0.4 is 11.1 Å². The summed E-state index contributed by atoms with van der Waals surface area (Å²) < 4.78 is 5.71. The molecule has 6 heteroatoms. The Morgan fingerprint density at radius 3 is 2.42 bits per heavy atom. The SMILES string of the molecule is Cc1ccc(-c2cnc(CCC(=O)Nc3ccc(C(N)=O)cc3)o2)cc1. The molecular weight excluding hydrogens is 330 g/mol. The van der Waals surface area contributed by atoms with Crippen molar-refractivity contribution in [1.29, 1.82) is 0 Å². The fraction of sp³-hybridized carbons (Fsp3) is 0.150. The molecule has 1 heterocycles. The summed E-state index contributed by atoms with van der Waals surface area (Å²) in [6.07, 6.45) is 2.31. The van der Waals surface area contributed by atoms with Crippen molar-refractivity contribution in [2.45, 2.75) is 19.8 Å². The van der Waals surface area contributed by atoms with Crippen molar-refractivity contribution in [3.8, 4) is 11.3 Å². The molecule has 0 radical (unpaired) electrons. The van der Waals surface area contributed by atoms with Gasteiger partial charge in [-0.05, 0) is 31.2 Å². The third-order valence-electron chi connectivity index (χ3n) is 3.91. The maximum Gasteiger partial charge on any atom is 0.248 e. The average molecular weight is 349 g/mol. The monoisotopic (exact) mass is 349 g/mol. The smallest absolute Gasteiger partial charge is 0.248 e. The van der Waals surface area contributed by atoms with Crippen LogP contribution >= 0.6 is 0 Å². The lowest BCUT2D eigenvalue weighted by molar-refractivity contribution is -0.116. The predicted octanol–water partition coefficient (Wildman–Crippen LogP) is 3.32. The number of aryl methyl sites for hydroxylation is 2. The van der Waals surface area contributed by atoms with Crippen LogP contribution in [0.15, 0.2) is 59.1 Å². The number of carbonyl (C=O) groups is 2. The first kappa shape index (κ1) is 17.4. The van der Waals surface area contributed by atoms with Crippen molar-refractivity contribution >= 4 is 17.5 Å². The standard InChI is InChI=1S/C20H19N3O3/c1-13-2-4-14(5-3-13)17-12-22-19(26-17)11-10-18(24)23-16-8-6-15(7-9-16)20(21)25/h2-9,12H,10-11H2,1H3,(H2,21,25)(H,23,24). The van der Waals surface area contributed by atoms with Crippen molar-refractivity contribution in [2.75, 3.05) is 5.32 Å². The fourth-order valence-corrected chi connectivity index (χ4v) is 2.44. The Morgan fingerprint density at radius 2 is 1.77 bits per heavy atom. The highest BCUT2D eigenvalue weighted by Gasteiger charge is 2.09. The van der Waals surface area contributed by atoms with Crippen LogP contribution in [0.2, 0.25) is 0 Å². The molecule has 2 amide bonds. The minimum atomic E-state index is -0.504. The third kappa shape index (κ3) is 4.36. The van der Waals surface area contributed by atoms with Gasteiger partial charge in [-0.2, -0.15) is 0 Å². The zero-order chi connectivity index (χ0) is 18.5. The Labute approximate surface area is 151 Å². The van der Waals surface area contributed by atoms with Gasteiger partial charge in [0.05, 0.1) is 6.20 Å². The summed E-state index contributed by atoms with van der Waals surface area (Å²) in [5.41, 5.74) is 8.31. The molecule has 0 aliphatic rings. The van der Waals surface area contributed by atoms with E-state index < -0.39 is 5.91 Å². The molecule has 2 aromatic carbocycles. The predicted molar refractivity (Wildman–Crippen MR) is 98.6 cm³/mol. The van der Waals surface area contributed by atoms with Crippen LogP contribution in [0.1, 0.15) is 28.2 Å². The second-order valence-electron chi connectivity index (χ2n) is 5.97. The van der Waals surface area contributed by atoms with Crippen molar-refractivity contribution in [1.82, 2.24) is 4.98 Å². The molecule has 3 rings (SSSR count). The Kier molecular flexibility index (Phi) is 5.12. The summed E-state index contributed by atoms with van der Waals surface area (Å²) in [6.45, 7) is 2.02. The molecule has 0 spiro atoms. The number of amides is 2. The molecule has 0 unspecified atom stereocenters. The second-order valence-corrected chi connectivity index (χ2v) is 5.97. The number of nitrogens with one attached hydrogen (secondary N) is 1. The van der Waals surface area contributed by atoms with Gasteiger partial charge in [0.2, 0.25) is 11.8 Å². The Balaban J connectivity index is 1.54. The largest absolute Gasteiger partial charge is 0.441 e. The van der Waals surface area contributed by atoms with E-state index in [-0.39, 0.29) is 12.3 Å². The van der Waals surface area contributed by atoms with Gasteiger partial charge in [-0.3, -0.25) is 9.59 Å². The number of carbonyl (C=O) groups excluding carboxylic acids is 2. The molecule has 1 aromatic heterocycles. The molecule has 3 N–H and O–H groups in total.